The predicted octanol–water partition coefficient (Wildman–Crippen LogP) is 0.727. The van der Waals surface area contributed by atoms with Gasteiger partial charge in [0.1, 0.15) is 0 Å². The van der Waals surface area contributed by atoms with Crippen molar-refractivity contribution < 1.29 is 19.4 Å². The Kier molecular flexibility index (Phi) is 7.63. The van der Waals surface area contributed by atoms with Crippen LogP contribution in [0, 0.1) is 0 Å². The van der Waals surface area contributed by atoms with Gasteiger partial charge < -0.3 is 14.6 Å². The van der Waals surface area contributed by atoms with E-state index in [4.69, 9.17) is 9.84 Å². The van der Waals surface area contributed by atoms with E-state index in [2.05, 4.69) is 4.74 Å². The Bertz CT molecular complexity index is 134. The van der Waals surface area contributed by atoms with Gasteiger partial charge in [0.25, 0.3) is 0 Å². The van der Waals surface area contributed by atoms with Crippen molar-refractivity contribution in [2.24, 2.45) is 0 Å². The van der Waals surface area contributed by atoms with Gasteiger partial charge >= 0.3 is 5.97 Å². The highest BCUT2D eigenvalue weighted by atomic mass is 16.5. The molecule has 0 spiro atoms. The maximum absolute atomic E-state index is 10.6. The summed E-state index contributed by atoms with van der Waals surface area (Å²) in [5.74, 6) is -0.254. The van der Waals surface area contributed by atoms with Crippen LogP contribution >= 0.6 is 0 Å². The quantitative estimate of drug-likeness (QED) is 0.475. The lowest BCUT2D eigenvalue weighted by molar-refractivity contribution is -0.141. The molecular weight excluding hydrogens is 172 g/mol. The van der Waals surface area contributed by atoms with Gasteiger partial charge in [-0.2, -0.15) is 0 Å². The summed E-state index contributed by atoms with van der Waals surface area (Å²) < 4.78 is 9.58. The average molecular weight is 190 g/mol. The van der Waals surface area contributed by atoms with Crippen molar-refractivity contribution in [3.63, 3.8) is 0 Å². The van der Waals surface area contributed by atoms with Crippen molar-refractivity contribution in [1.29, 1.82) is 0 Å². The van der Waals surface area contributed by atoms with Gasteiger partial charge in [0, 0.05) is 6.61 Å². The zero-order chi connectivity index (χ0) is 10.1. The fourth-order valence-electron chi connectivity index (χ4n) is 0.840. The fourth-order valence-corrected chi connectivity index (χ4v) is 0.840. The highest BCUT2D eigenvalue weighted by molar-refractivity contribution is 5.69. The first-order valence-corrected chi connectivity index (χ1v) is 4.49. The molecule has 1 N–H and O–H groups in total. The summed E-state index contributed by atoms with van der Waals surface area (Å²) in [4.78, 5) is 10.6. The van der Waals surface area contributed by atoms with Gasteiger partial charge in [-0.3, -0.25) is 4.79 Å². The third-order valence-corrected chi connectivity index (χ3v) is 1.59. The summed E-state index contributed by atoms with van der Waals surface area (Å²) in [5, 5.41) is 8.91. The molecule has 0 aliphatic heterocycles. The van der Waals surface area contributed by atoms with Crippen LogP contribution in [0.15, 0.2) is 0 Å². The van der Waals surface area contributed by atoms with Gasteiger partial charge in [-0.05, 0) is 19.8 Å². The molecule has 78 valence electrons. The van der Waals surface area contributed by atoms with E-state index < -0.39 is 0 Å². The lowest BCUT2D eigenvalue weighted by Crippen LogP contribution is -2.07. The van der Waals surface area contributed by atoms with E-state index in [0.717, 1.165) is 12.8 Å². The second kappa shape index (κ2) is 8.01. The molecular formula is C9H18O4. The highest BCUT2D eigenvalue weighted by Gasteiger charge is 1.99. The second-order valence-corrected chi connectivity index (χ2v) is 2.93. The van der Waals surface area contributed by atoms with E-state index in [-0.39, 0.29) is 12.1 Å². The Morgan fingerprint density at radius 1 is 1.46 bits per heavy atom. The Morgan fingerprint density at radius 2 is 2.15 bits per heavy atom. The van der Waals surface area contributed by atoms with Crippen molar-refractivity contribution in [2.45, 2.75) is 32.3 Å². The molecule has 1 atom stereocenters. The molecule has 13 heavy (non-hydrogen) atoms. The zero-order valence-electron chi connectivity index (χ0n) is 8.28. The number of carbonyl (C=O) groups is 1. The van der Waals surface area contributed by atoms with Crippen LogP contribution in [0.1, 0.15) is 26.2 Å². The molecule has 0 aromatic carbocycles. The van der Waals surface area contributed by atoms with Crippen LogP contribution in [0.2, 0.25) is 0 Å². The summed E-state index contributed by atoms with van der Waals surface area (Å²) in [5.41, 5.74) is 0. The predicted molar refractivity (Wildman–Crippen MR) is 48.4 cm³/mol. The monoisotopic (exact) mass is 190 g/mol. The number of carbonyl (C=O) groups excluding carboxylic acids is 1. The standard InChI is InChI=1S/C9H18O4/c1-8(10)4-3-6-13-7-5-9(11)12-2/h8,10H,3-7H2,1-2H3. The number of hydrogen-bond acceptors (Lipinski definition) is 4. The third kappa shape index (κ3) is 9.30. The van der Waals surface area contributed by atoms with E-state index >= 15 is 0 Å². The van der Waals surface area contributed by atoms with Gasteiger partial charge in [-0.15, -0.1) is 0 Å². The molecule has 0 fully saturated rings. The van der Waals surface area contributed by atoms with Crippen LogP contribution in [0.5, 0.6) is 0 Å². The fraction of sp³-hybridized carbons (Fsp3) is 0.889. The molecule has 0 saturated heterocycles. The number of rotatable bonds is 7. The largest absolute Gasteiger partial charge is 0.469 e. The Hall–Kier alpha value is -0.610. The SMILES string of the molecule is COC(=O)CCOCCCC(C)O. The van der Waals surface area contributed by atoms with Crippen molar-refractivity contribution in [2.75, 3.05) is 20.3 Å². The molecule has 0 saturated carbocycles. The molecule has 0 amide bonds. The lowest BCUT2D eigenvalue weighted by atomic mass is 10.2. The van der Waals surface area contributed by atoms with Crippen LogP contribution in [0.4, 0.5) is 0 Å². The minimum Gasteiger partial charge on any atom is -0.469 e. The number of hydrogen-bond donors (Lipinski definition) is 1. The molecule has 4 heteroatoms. The van der Waals surface area contributed by atoms with Crippen LogP contribution in [-0.2, 0) is 14.3 Å². The van der Waals surface area contributed by atoms with Gasteiger partial charge in [0.15, 0.2) is 0 Å². The molecule has 0 aromatic heterocycles. The maximum Gasteiger partial charge on any atom is 0.307 e. The summed E-state index contributed by atoms with van der Waals surface area (Å²) in [7, 11) is 1.36. The van der Waals surface area contributed by atoms with Gasteiger partial charge in [-0.25, -0.2) is 0 Å². The molecule has 0 heterocycles. The number of aliphatic hydroxyl groups is 1. The van der Waals surface area contributed by atoms with E-state index in [1.54, 1.807) is 6.92 Å². The van der Waals surface area contributed by atoms with Crippen LogP contribution < -0.4 is 0 Å². The number of methoxy groups -OCH3 is 1. The molecule has 0 bridgehead atoms. The third-order valence-electron chi connectivity index (χ3n) is 1.59. The molecule has 0 rings (SSSR count). The number of esters is 1. The minimum atomic E-state index is -0.274. The van der Waals surface area contributed by atoms with Crippen molar-refractivity contribution in [1.82, 2.24) is 0 Å². The summed E-state index contributed by atoms with van der Waals surface area (Å²) in [6.45, 7) is 2.73. The second-order valence-electron chi connectivity index (χ2n) is 2.93. The normalized spacial score (nSPS) is 12.5. The van der Waals surface area contributed by atoms with Crippen LogP contribution in [0.25, 0.3) is 0 Å². The van der Waals surface area contributed by atoms with Crippen molar-refractivity contribution in [3.05, 3.63) is 0 Å². The molecule has 0 radical (unpaired) electrons. The van der Waals surface area contributed by atoms with Crippen LogP contribution in [0.3, 0.4) is 0 Å². The number of aliphatic hydroxyl groups excluding tert-OH is 1. The average Bonchev–Trinajstić information content (AvgIpc) is 2.10. The Balaban J connectivity index is 3.04. The first-order valence-electron chi connectivity index (χ1n) is 4.49. The summed E-state index contributed by atoms with van der Waals surface area (Å²) >= 11 is 0. The molecule has 1 unspecified atom stereocenters. The molecule has 0 aliphatic rings. The summed E-state index contributed by atoms with van der Waals surface area (Å²) in [6, 6.07) is 0. The highest BCUT2D eigenvalue weighted by Crippen LogP contribution is 1.96. The van der Waals surface area contributed by atoms with Gasteiger partial charge in [-0.1, -0.05) is 0 Å². The topological polar surface area (TPSA) is 55.8 Å². The lowest BCUT2D eigenvalue weighted by Gasteiger charge is -2.04. The van der Waals surface area contributed by atoms with Gasteiger partial charge in [0.2, 0.25) is 0 Å². The van der Waals surface area contributed by atoms with Gasteiger partial charge in [0.05, 0.1) is 26.2 Å². The Morgan fingerprint density at radius 3 is 2.69 bits per heavy atom. The first-order chi connectivity index (χ1) is 6.16. The Labute approximate surface area is 78.8 Å². The zero-order valence-corrected chi connectivity index (χ0v) is 8.28. The van der Waals surface area contributed by atoms with E-state index in [9.17, 15) is 4.79 Å². The van der Waals surface area contributed by atoms with E-state index in [0.29, 0.717) is 19.6 Å². The molecule has 0 aliphatic carbocycles. The van der Waals surface area contributed by atoms with Crippen molar-refractivity contribution in [3.8, 4) is 0 Å². The maximum atomic E-state index is 10.6. The summed E-state index contributed by atoms with van der Waals surface area (Å²) in [6.07, 6.45) is 1.58. The van der Waals surface area contributed by atoms with Crippen molar-refractivity contribution >= 4 is 5.97 Å². The van der Waals surface area contributed by atoms with Crippen LogP contribution in [-0.4, -0.2) is 37.5 Å². The smallest absolute Gasteiger partial charge is 0.307 e. The number of ether oxygens (including phenoxy) is 2. The van der Waals surface area contributed by atoms with E-state index in [1.165, 1.54) is 7.11 Å². The van der Waals surface area contributed by atoms with E-state index in [1.807, 2.05) is 0 Å². The molecule has 0 aromatic rings. The molecule has 4 nitrogen and oxygen atoms in total. The first kappa shape index (κ1) is 12.4. The minimum absolute atomic E-state index is 0.254.